The minimum atomic E-state index is -3.66. The van der Waals surface area contributed by atoms with E-state index >= 15 is 0 Å². The average Bonchev–Trinajstić information content (AvgIpc) is 3.78. The Hall–Kier alpha value is -4.74. The van der Waals surface area contributed by atoms with Gasteiger partial charge in [-0.2, -0.15) is 8.42 Å². The normalized spacial score (nSPS) is 15.1. The fraction of sp³-hybridized carbons (Fsp3) is 0.286. The lowest BCUT2D eigenvalue weighted by Crippen LogP contribution is -2.54. The van der Waals surface area contributed by atoms with Gasteiger partial charge in [0.1, 0.15) is 22.8 Å². The van der Waals surface area contributed by atoms with E-state index < -0.39 is 68.4 Å². The zero-order chi connectivity index (χ0) is 32.9. The van der Waals surface area contributed by atoms with Crippen LogP contribution in [-0.2, 0) is 19.7 Å². The van der Waals surface area contributed by atoms with Crippen LogP contribution < -0.4 is 20.7 Å². The van der Waals surface area contributed by atoms with Gasteiger partial charge < -0.3 is 25.4 Å². The lowest BCUT2D eigenvalue weighted by Gasteiger charge is -2.35. The average molecular weight is 652 g/mol. The highest BCUT2D eigenvalue weighted by atomic mass is 32.2. The van der Waals surface area contributed by atoms with Crippen molar-refractivity contribution in [2.75, 3.05) is 34.8 Å². The van der Waals surface area contributed by atoms with Gasteiger partial charge in [0.25, 0.3) is 10.1 Å². The standard InChI is InChI=1S/C26H22F3N5O5.C2H6O3S/c27-14-1-3-15(4-2-14)31-23(36)26(6-7-26)24(37)32-20-10-19(29)21(11-18(20)28)39-17-5-8-30-22(9-17)33-25(38)34-12-16(35)13-34;1-2-6(3,4)5/h1-5,8-11,16,35H,6-7,12-13H2,(H,31,36)(H,32,37)(H,30,33,38);2H2,1H3,(H,3,4,5). The van der Waals surface area contributed by atoms with Crippen LogP contribution in [0.3, 0.4) is 0 Å². The van der Waals surface area contributed by atoms with Crippen molar-refractivity contribution < 1.29 is 50.4 Å². The molecule has 2 heterocycles. The molecule has 3 aromatic rings. The Morgan fingerprint density at radius 3 is 2.18 bits per heavy atom. The van der Waals surface area contributed by atoms with Crippen molar-refractivity contribution in [1.29, 1.82) is 0 Å². The number of nitrogens with one attached hydrogen (secondary N) is 3. The van der Waals surface area contributed by atoms with Crippen molar-refractivity contribution in [2.24, 2.45) is 5.41 Å². The van der Waals surface area contributed by atoms with Crippen LogP contribution in [0.1, 0.15) is 19.8 Å². The molecule has 17 heteroatoms. The molecule has 1 aliphatic heterocycles. The molecule has 1 saturated heterocycles. The third kappa shape index (κ3) is 8.68. The van der Waals surface area contributed by atoms with Gasteiger partial charge in [-0.3, -0.25) is 19.5 Å². The molecule has 1 saturated carbocycles. The van der Waals surface area contributed by atoms with Crippen LogP contribution in [-0.4, -0.2) is 70.8 Å². The largest absolute Gasteiger partial charge is 0.454 e. The van der Waals surface area contributed by atoms with Crippen LogP contribution in [0, 0.1) is 22.9 Å². The van der Waals surface area contributed by atoms with Crippen molar-refractivity contribution in [3.63, 3.8) is 0 Å². The number of aliphatic hydroxyl groups is 1. The number of halogens is 3. The number of carbonyl (C=O) groups excluding carboxylic acids is 3. The number of aliphatic hydroxyl groups excluding tert-OH is 1. The molecule has 5 rings (SSSR count). The Labute approximate surface area is 255 Å². The van der Waals surface area contributed by atoms with Crippen molar-refractivity contribution in [1.82, 2.24) is 9.88 Å². The Morgan fingerprint density at radius 1 is 0.978 bits per heavy atom. The summed E-state index contributed by atoms with van der Waals surface area (Å²) in [6.45, 7) is 1.75. The lowest BCUT2D eigenvalue weighted by atomic mass is 10.0. The number of rotatable bonds is 8. The molecule has 13 nitrogen and oxygen atoms in total. The SMILES string of the molecule is CCS(=O)(=O)O.O=C(Nc1cc(Oc2cc(F)c(NC(=O)C3(C(=O)Nc4ccc(F)cc4)CC3)cc2F)ccn1)N1CC(O)C1. The summed E-state index contributed by atoms with van der Waals surface area (Å²) in [5.74, 6) is -4.49. The maximum Gasteiger partial charge on any atom is 0.323 e. The highest BCUT2D eigenvalue weighted by Gasteiger charge is 2.56. The second-order valence-corrected chi connectivity index (χ2v) is 11.8. The van der Waals surface area contributed by atoms with Crippen LogP contribution in [0.5, 0.6) is 11.5 Å². The van der Waals surface area contributed by atoms with E-state index in [0.29, 0.717) is 0 Å². The first-order valence-electron chi connectivity index (χ1n) is 13.4. The van der Waals surface area contributed by atoms with Crippen LogP contribution in [0.2, 0.25) is 0 Å². The summed E-state index contributed by atoms with van der Waals surface area (Å²) in [5.41, 5.74) is -1.65. The third-order valence-corrected chi connectivity index (χ3v) is 7.43. The van der Waals surface area contributed by atoms with E-state index in [4.69, 9.17) is 9.29 Å². The maximum atomic E-state index is 14.8. The van der Waals surface area contributed by atoms with Crippen LogP contribution in [0.4, 0.5) is 35.2 Å². The molecule has 5 N–H and O–H groups in total. The zero-order valence-electron chi connectivity index (χ0n) is 23.6. The van der Waals surface area contributed by atoms with Crippen LogP contribution >= 0.6 is 0 Å². The molecule has 0 atom stereocenters. The minimum absolute atomic E-state index is 0.0495. The molecule has 1 aliphatic carbocycles. The molecule has 0 unspecified atom stereocenters. The minimum Gasteiger partial charge on any atom is -0.454 e. The van der Waals surface area contributed by atoms with E-state index in [9.17, 15) is 41.1 Å². The summed E-state index contributed by atoms with van der Waals surface area (Å²) in [4.78, 5) is 43.0. The predicted octanol–water partition coefficient (Wildman–Crippen LogP) is 3.75. The monoisotopic (exact) mass is 651 g/mol. The molecule has 2 fully saturated rings. The zero-order valence-corrected chi connectivity index (χ0v) is 24.4. The fourth-order valence-electron chi connectivity index (χ4n) is 3.89. The Balaban J connectivity index is 0.000000700. The second kappa shape index (κ2) is 13.5. The quantitative estimate of drug-likeness (QED) is 0.179. The number of aromatic nitrogens is 1. The molecule has 2 aromatic carbocycles. The topological polar surface area (TPSA) is 187 Å². The smallest absolute Gasteiger partial charge is 0.323 e. The highest BCUT2D eigenvalue weighted by molar-refractivity contribution is 7.85. The summed E-state index contributed by atoms with van der Waals surface area (Å²) in [5, 5.41) is 16.6. The van der Waals surface area contributed by atoms with Gasteiger partial charge in [0.05, 0.1) is 30.6 Å². The number of β-amino-alcohol motifs (C(OH)–C–C–N with tert-alkyl or cyclic N) is 1. The molecule has 0 radical (unpaired) electrons. The molecular weight excluding hydrogens is 623 g/mol. The van der Waals surface area contributed by atoms with Gasteiger partial charge in [-0.25, -0.2) is 22.9 Å². The number of amides is 4. The first-order valence-corrected chi connectivity index (χ1v) is 15.0. The molecule has 0 spiro atoms. The number of likely N-dealkylation sites (tertiary alicyclic amines) is 1. The molecule has 1 aromatic heterocycles. The predicted molar refractivity (Wildman–Crippen MR) is 155 cm³/mol. The van der Waals surface area contributed by atoms with Crippen molar-refractivity contribution in [2.45, 2.75) is 25.9 Å². The third-order valence-electron chi connectivity index (χ3n) is 6.70. The Morgan fingerprint density at radius 2 is 1.60 bits per heavy atom. The van der Waals surface area contributed by atoms with Crippen LogP contribution in [0.25, 0.3) is 0 Å². The lowest BCUT2D eigenvalue weighted by molar-refractivity contribution is -0.131. The summed E-state index contributed by atoms with van der Waals surface area (Å²) in [6.07, 6.45) is 1.13. The van der Waals surface area contributed by atoms with E-state index in [-0.39, 0.29) is 48.9 Å². The Kier molecular flexibility index (Phi) is 9.94. The van der Waals surface area contributed by atoms with Gasteiger partial charge in [-0.15, -0.1) is 0 Å². The molecular formula is C28H28F3N5O8S. The van der Waals surface area contributed by atoms with Gasteiger partial charge in [0.15, 0.2) is 17.4 Å². The number of benzene rings is 2. The first kappa shape index (κ1) is 33.2. The second-order valence-electron chi connectivity index (χ2n) is 10.1. The Bertz CT molecular complexity index is 1700. The number of urea groups is 1. The van der Waals surface area contributed by atoms with Crippen LogP contribution in [0.15, 0.2) is 54.7 Å². The number of hydrogen-bond donors (Lipinski definition) is 5. The van der Waals surface area contributed by atoms with Gasteiger partial charge in [-0.1, -0.05) is 0 Å². The molecule has 45 heavy (non-hydrogen) atoms. The number of carbonyl (C=O) groups is 3. The number of hydrogen-bond acceptors (Lipinski definition) is 8. The maximum absolute atomic E-state index is 14.8. The van der Waals surface area contributed by atoms with E-state index in [2.05, 4.69) is 20.9 Å². The fourth-order valence-corrected chi connectivity index (χ4v) is 3.89. The highest BCUT2D eigenvalue weighted by Crippen LogP contribution is 2.47. The van der Waals surface area contributed by atoms with Crippen molar-refractivity contribution >= 4 is 45.2 Å². The van der Waals surface area contributed by atoms with Gasteiger partial charge in [-0.05, 0) is 50.1 Å². The van der Waals surface area contributed by atoms with Gasteiger partial charge >= 0.3 is 6.03 Å². The first-order chi connectivity index (χ1) is 21.2. The summed E-state index contributed by atoms with van der Waals surface area (Å²) in [6, 6.07) is 8.64. The van der Waals surface area contributed by atoms with E-state index in [1.165, 1.54) is 42.3 Å². The summed E-state index contributed by atoms with van der Waals surface area (Å²) in [7, 11) is -3.66. The van der Waals surface area contributed by atoms with Crippen molar-refractivity contribution in [3.05, 3.63) is 72.2 Å². The van der Waals surface area contributed by atoms with Gasteiger partial charge in [0, 0.05) is 30.1 Å². The van der Waals surface area contributed by atoms with E-state index in [0.717, 1.165) is 24.3 Å². The van der Waals surface area contributed by atoms with E-state index in [1.807, 2.05) is 0 Å². The summed E-state index contributed by atoms with van der Waals surface area (Å²) >= 11 is 0. The molecule has 4 amide bonds. The number of pyridine rings is 1. The molecule has 0 bridgehead atoms. The number of nitrogens with zero attached hydrogens (tertiary/aromatic N) is 2. The number of ether oxygens (including phenoxy) is 1. The van der Waals surface area contributed by atoms with Crippen molar-refractivity contribution in [3.8, 4) is 11.5 Å². The molecule has 240 valence electrons. The van der Waals surface area contributed by atoms with Gasteiger partial charge in [0.2, 0.25) is 11.8 Å². The summed E-state index contributed by atoms with van der Waals surface area (Å²) < 4.78 is 75.0. The van der Waals surface area contributed by atoms with E-state index in [1.54, 1.807) is 0 Å². The number of anilines is 3. The molecule has 2 aliphatic rings.